The standard InChI is InChI=1S/C24H26N5O3/c1-31-19-10-18(12-25-13-19)29-22(23-14-28-24(32-2)15-27-23)9-17-11-26-21-6-5-16(4-3-7-30)8-20(17)21/h5-6,8-15,22,26,29-30H,3-4,7H2,1-2H3. The molecule has 1 unspecified atom stereocenters. The Morgan fingerprint density at radius 3 is 2.75 bits per heavy atom. The molecule has 4 aromatic rings. The number of aromatic nitrogens is 4. The van der Waals surface area contributed by atoms with E-state index in [2.05, 4.69) is 49.9 Å². The van der Waals surface area contributed by atoms with Gasteiger partial charge in [-0.3, -0.25) is 9.97 Å². The van der Waals surface area contributed by atoms with E-state index in [9.17, 15) is 0 Å². The predicted octanol–water partition coefficient (Wildman–Crippen LogP) is 3.70. The smallest absolute Gasteiger partial charge is 0.231 e. The van der Waals surface area contributed by atoms with Crippen LogP contribution in [-0.4, -0.2) is 45.9 Å². The zero-order valence-corrected chi connectivity index (χ0v) is 18.1. The van der Waals surface area contributed by atoms with Crippen molar-refractivity contribution in [2.45, 2.75) is 18.9 Å². The zero-order valence-electron chi connectivity index (χ0n) is 18.1. The third-order valence-corrected chi connectivity index (χ3v) is 5.19. The quantitative estimate of drug-likeness (QED) is 0.351. The number of rotatable bonds is 10. The van der Waals surface area contributed by atoms with E-state index in [4.69, 9.17) is 14.6 Å². The third kappa shape index (κ3) is 4.97. The second-order valence-electron chi connectivity index (χ2n) is 7.34. The Hall–Kier alpha value is -3.65. The van der Waals surface area contributed by atoms with Gasteiger partial charge in [0.05, 0.1) is 56.4 Å². The van der Waals surface area contributed by atoms with E-state index in [0.717, 1.165) is 40.7 Å². The lowest BCUT2D eigenvalue weighted by Crippen LogP contribution is -2.14. The van der Waals surface area contributed by atoms with Crippen LogP contribution < -0.4 is 14.8 Å². The number of methoxy groups -OCH3 is 2. The van der Waals surface area contributed by atoms with E-state index in [0.29, 0.717) is 11.6 Å². The maximum absolute atomic E-state index is 9.16. The predicted molar refractivity (Wildman–Crippen MR) is 123 cm³/mol. The minimum Gasteiger partial charge on any atom is -0.495 e. The lowest BCUT2D eigenvalue weighted by molar-refractivity contribution is 0.288. The van der Waals surface area contributed by atoms with E-state index in [1.165, 1.54) is 5.56 Å². The summed E-state index contributed by atoms with van der Waals surface area (Å²) in [5, 5.41) is 13.7. The summed E-state index contributed by atoms with van der Waals surface area (Å²) in [4.78, 5) is 16.4. The highest BCUT2D eigenvalue weighted by molar-refractivity contribution is 5.85. The van der Waals surface area contributed by atoms with Crippen LogP contribution in [0.15, 0.2) is 55.2 Å². The van der Waals surface area contributed by atoms with Gasteiger partial charge in [-0.15, -0.1) is 0 Å². The molecule has 0 amide bonds. The molecule has 3 heterocycles. The van der Waals surface area contributed by atoms with Crippen molar-refractivity contribution in [1.29, 1.82) is 0 Å². The van der Waals surface area contributed by atoms with Gasteiger partial charge >= 0.3 is 0 Å². The number of pyridine rings is 1. The molecule has 0 aliphatic heterocycles. The number of nitrogens with one attached hydrogen (secondary N) is 2. The molecule has 0 fully saturated rings. The molecule has 0 bridgehead atoms. The van der Waals surface area contributed by atoms with Gasteiger partial charge < -0.3 is 24.9 Å². The van der Waals surface area contributed by atoms with Gasteiger partial charge in [-0.25, -0.2) is 4.98 Å². The van der Waals surface area contributed by atoms with Gasteiger partial charge in [0.25, 0.3) is 0 Å². The minimum absolute atomic E-state index is 0.181. The Labute approximate surface area is 186 Å². The molecule has 1 atom stereocenters. The van der Waals surface area contributed by atoms with Crippen molar-refractivity contribution in [2.24, 2.45) is 0 Å². The average molecular weight is 433 g/mol. The summed E-state index contributed by atoms with van der Waals surface area (Å²) in [5.41, 5.74) is 4.81. The van der Waals surface area contributed by atoms with Crippen LogP contribution in [0.1, 0.15) is 29.3 Å². The molecule has 1 aromatic carbocycles. The number of aryl methyl sites for hydroxylation is 1. The zero-order chi connectivity index (χ0) is 22.3. The van der Waals surface area contributed by atoms with E-state index in [-0.39, 0.29) is 12.6 Å². The first kappa shape index (κ1) is 21.6. The first-order chi connectivity index (χ1) is 15.7. The number of aliphatic hydroxyl groups is 1. The number of aliphatic hydroxyl groups excluding tert-OH is 1. The maximum Gasteiger partial charge on any atom is 0.231 e. The number of nitrogens with zero attached hydrogens (tertiary/aromatic N) is 3. The molecule has 1 radical (unpaired) electrons. The summed E-state index contributed by atoms with van der Waals surface area (Å²) in [7, 11) is 3.17. The normalized spacial score (nSPS) is 12.0. The number of aromatic amines is 1. The van der Waals surface area contributed by atoms with Crippen molar-refractivity contribution in [3.05, 3.63) is 78.5 Å². The second-order valence-corrected chi connectivity index (χ2v) is 7.34. The van der Waals surface area contributed by atoms with Crippen LogP contribution in [0.4, 0.5) is 5.69 Å². The van der Waals surface area contributed by atoms with Crippen LogP contribution in [0.25, 0.3) is 10.9 Å². The van der Waals surface area contributed by atoms with Crippen LogP contribution in [0.2, 0.25) is 0 Å². The number of hydrogen-bond donors (Lipinski definition) is 3. The highest BCUT2D eigenvalue weighted by Crippen LogP contribution is 2.30. The molecule has 0 spiro atoms. The van der Waals surface area contributed by atoms with Crippen LogP contribution in [0.5, 0.6) is 11.6 Å². The lowest BCUT2D eigenvalue weighted by atomic mass is 10.00. The fourth-order valence-corrected chi connectivity index (χ4v) is 3.53. The monoisotopic (exact) mass is 432 g/mol. The van der Waals surface area contributed by atoms with Gasteiger partial charge in [0, 0.05) is 36.2 Å². The molecule has 8 nitrogen and oxygen atoms in total. The highest BCUT2D eigenvalue weighted by atomic mass is 16.5. The lowest BCUT2D eigenvalue weighted by Gasteiger charge is -2.19. The van der Waals surface area contributed by atoms with Crippen LogP contribution in [-0.2, 0) is 6.42 Å². The van der Waals surface area contributed by atoms with Crippen molar-refractivity contribution in [3.63, 3.8) is 0 Å². The molecule has 165 valence electrons. The Morgan fingerprint density at radius 1 is 1.09 bits per heavy atom. The number of anilines is 1. The Balaban J connectivity index is 1.66. The Kier molecular flexibility index (Phi) is 6.81. The topological polar surface area (TPSA) is 105 Å². The summed E-state index contributed by atoms with van der Waals surface area (Å²) in [5.74, 6) is 1.12. The van der Waals surface area contributed by atoms with Crippen LogP contribution in [0, 0.1) is 6.42 Å². The highest BCUT2D eigenvalue weighted by Gasteiger charge is 2.18. The van der Waals surface area contributed by atoms with Crippen molar-refractivity contribution in [3.8, 4) is 11.6 Å². The third-order valence-electron chi connectivity index (χ3n) is 5.19. The van der Waals surface area contributed by atoms with Crippen LogP contribution >= 0.6 is 0 Å². The summed E-state index contributed by atoms with van der Waals surface area (Å²) >= 11 is 0. The second kappa shape index (κ2) is 10.1. The summed E-state index contributed by atoms with van der Waals surface area (Å²) in [6.07, 6.45) is 12.3. The van der Waals surface area contributed by atoms with E-state index in [1.54, 1.807) is 39.0 Å². The number of benzene rings is 1. The number of hydrogen-bond acceptors (Lipinski definition) is 7. The van der Waals surface area contributed by atoms with Gasteiger partial charge in [0.1, 0.15) is 5.75 Å². The summed E-state index contributed by atoms with van der Waals surface area (Å²) < 4.78 is 10.5. The minimum atomic E-state index is -0.276. The summed E-state index contributed by atoms with van der Waals surface area (Å²) in [6.45, 7) is 0.181. The molecule has 0 aliphatic rings. The van der Waals surface area contributed by atoms with Crippen molar-refractivity contribution >= 4 is 16.6 Å². The molecule has 0 saturated heterocycles. The molecule has 3 aromatic heterocycles. The van der Waals surface area contributed by atoms with E-state index < -0.39 is 0 Å². The number of fused-ring (bicyclic) bond motifs is 1. The van der Waals surface area contributed by atoms with Crippen molar-refractivity contribution < 1.29 is 14.6 Å². The molecule has 4 rings (SSSR count). The first-order valence-corrected chi connectivity index (χ1v) is 10.4. The first-order valence-electron chi connectivity index (χ1n) is 10.4. The SMILES string of the molecule is COc1cncc(NC([CH]c2c[nH]c3ccc(CCCO)cc23)c2cnc(OC)cn2)c1. The fraction of sp³-hybridized carbons (Fsp3) is 0.250. The van der Waals surface area contributed by atoms with Gasteiger partial charge in [-0.1, -0.05) is 6.07 Å². The molecule has 3 N–H and O–H groups in total. The maximum atomic E-state index is 9.16. The largest absolute Gasteiger partial charge is 0.495 e. The van der Waals surface area contributed by atoms with E-state index in [1.807, 2.05) is 12.3 Å². The number of H-pyrrole nitrogens is 1. The van der Waals surface area contributed by atoms with E-state index >= 15 is 0 Å². The van der Waals surface area contributed by atoms with Gasteiger partial charge in [-0.05, 0) is 36.1 Å². The van der Waals surface area contributed by atoms with Gasteiger partial charge in [0.2, 0.25) is 5.88 Å². The number of ether oxygens (including phenoxy) is 2. The summed E-state index contributed by atoms with van der Waals surface area (Å²) in [6, 6.07) is 7.93. The van der Waals surface area contributed by atoms with Crippen molar-refractivity contribution in [2.75, 3.05) is 26.1 Å². The van der Waals surface area contributed by atoms with Crippen LogP contribution in [0.3, 0.4) is 0 Å². The Bertz CT molecular complexity index is 1160. The fourth-order valence-electron chi connectivity index (χ4n) is 3.53. The molecule has 32 heavy (non-hydrogen) atoms. The van der Waals surface area contributed by atoms with Crippen molar-refractivity contribution in [1.82, 2.24) is 19.9 Å². The molecule has 8 heteroatoms. The molecular formula is C24H26N5O3. The molecule has 0 saturated carbocycles. The average Bonchev–Trinajstić information content (AvgIpc) is 3.24. The molecule has 0 aliphatic carbocycles. The Morgan fingerprint density at radius 2 is 2.00 bits per heavy atom. The van der Waals surface area contributed by atoms with Gasteiger partial charge in [0.15, 0.2) is 0 Å². The van der Waals surface area contributed by atoms with Gasteiger partial charge in [-0.2, -0.15) is 0 Å². The molecular weight excluding hydrogens is 406 g/mol.